The summed E-state index contributed by atoms with van der Waals surface area (Å²) in [5.74, 6) is 0.727. The van der Waals surface area contributed by atoms with Crippen LogP contribution >= 0.6 is 0 Å². The summed E-state index contributed by atoms with van der Waals surface area (Å²) in [7, 11) is -3.72. The van der Waals surface area contributed by atoms with Crippen molar-refractivity contribution in [3.63, 3.8) is 0 Å². The summed E-state index contributed by atoms with van der Waals surface area (Å²) in [4.78, 5) is 13.6. The van der Waals surface area contributed by atoms with Crippen molar-refractivity contribution in [1.82, 2.24) is 14.9 Å². The van der Waals surface area contributed by atoms with E-state index in [0.29, 0.717) is 12.4 Å². The van der Waals surface area contributed by atoms with E-state index in [1.54, 1.807) is 17.0 Å². The molecule has 2 aromatic rings. The van der Waals surface area contributed by atoms with Crippen LogP contribution in [0.1, 0.15) is 50.5 Å². The van der Waals surface area contributed by atoms with Crippen LogP contribution in [0.25, 0.3) is 0 Å². The highest BCUT2D eigenvalue weighted by atomic mass is 32.2. The van der Waals surface area contributed by atoms with Crippen LogP contribution < -0.4 is 9.62 Å². The van der Waals surface area contributed by atoms with Gasteiger partial charge in [0.1, 0.15) is 0 Å². The van der Waals surface area contributed by atoms with Crippen molar-refractivity contribution in [3.05, 3.63) is 35.5 Å². The zero-order chi connectivity index (χ0) is 18.9. The van der Waals surface area contributed by atoms with Crippen molar-refractivity contribution in [1.29, 1.82) is 0 Å². The maximum absolute atomic E-state index is 12.6. The molecule has 0 spiro atoms. The number of aromatic nitrogens is 2. The van der Waals surface area contributed by atoms with Crippen LogP contribution in [0.3, 0.4) is 0 Å². The molecule has 1 aromatic carbocycles. The second kappa shape index (κ2) is 7.16. The number of sulfonamides is 1. The molecule has 3 rings (SSSR count). The van der Waals surface area contributed by atoms with Gasteiger partial charge >= 0.3 is 0 Å². The number of fused-ring (bicyclic) bond motifs is 1. The Kier molecular flexibility index (Phi) is 5.10. The molecule has 0 bridgehead atoms. The van der Waals surface area contributed by atoms with Crippen molar-refractivity contribution in [3.8, 4) is 0 Å². The number of hydrogen-bond acceptors (Lipinski definition) is 6. The molecular formula is C17H22N4O4S. The standard InChI is InChI=1S/C17H22N4O4S/c1-11(2)17-20-19-16(25-17)10-18-26(23,24)14-6-7-15-13(9-14)5-4-8-21(15)12(3)22/h6-7,9,11,18H,4-5,8,10H2,1-3H3. The van der Waals surface area contributed by atoms with Crippen molar-refractivity contribution in [2.24, 2.45) is 0 Å². The van der Waals surface area contributed by atoms with Crippen LogP contribution in [0.15, 0.2) is 27.5 Å². The highest BCUT2D eigenvalue weighted by Gasteiger charge is 2.23. The number of aryl methyl sites for hydroxylation is 1. The Hall–Kier alpha value is -2.26. The molecule has 140 valence electrons. The van der Waals surface area contributed by atoms with Crippen LogP contribution in [0.5, 0.6) is 0 Å². The molecule has 9 heteroatoms. The summed E-state index contributed by atoms with van der Waals surface area (Å²) in [6, 6.07) is 4.82. The number of nitrogens with zero attached hydrogens (tertiary/aromatic N) is 3. The summed E-state index contributed by atoms with van der Waals surface area (Å²) in [5.41, 5.74) is 1.63. The second-order valence-corrected chi connectivity index (χ2v) is 8.34. The third-order valence-corrected chi connectivity index (χ3v) is 5.65. The fourth-order valence-electron chi connectivity index (χ4n) is 2.88. The lowest BCUT2D eigenvalue weighted by Crippen LogP contribution is -2.33. The van der Waals surface area contributed by atoms with Gasteiger partial charge in [0, 0.05) is 25.1 Å². The van der Waals surface area contributed by atoms with E-state index >= 15 is 0 Å². The number of rotatable bonds is 5. The van der Waals surface area contributed by atoms with Gasteiger partial charge in [-0.05, 0) is 36.6 Å². The molecule has 8 nitrogen and oxygen atoms in total. The molecule has 0 atom stereocenters. The average molecular weight is 378 g/mol. The lowest BCUT2D eigenvalue weighted by Gasteiger charge is -2.28. The number of amides is 1. The first kappa shape index (κ1) is 18.5. The fourth-order valence-corrected chi connectivity index (χ4v) is 3.90. The molecular weight excluding hydrogens is 356 g/mol. The zero-order valence-corrected chi connectivity index (χ0v) is 15.8. The fraction of sp³-hybridized carbons (Fsp3) is 0.471. The van der Waals surface area contributed by atoms with Gasteiger partial charge in [-0.15, -0.1) is 10.2 Å². The van der Waals surface area contributed by atoms with Gasteiger partial charge in [0.15, 0.2) is 0 Å². The van der Waals surface area contributed by atoms with Crippen LogP contribution in [0.4, 0.5) is 5.69 Å². The van der Waals surface area contributed by atoms with E-state index in [4.69, 9.17) is 4.42 Å². The molecule has 1 aromatic heterocycles. The molecule has 1 aliphatic heterocycles. The monoisotopic (exact) mass is 378 g/mol. The molecule has 26 heavy (non-hydrogen) atoms. The largest absolute Gasteiger partial charge is 0.424 e. The number of benzene rings is 1. The second-order valence-electron chi connectivity index (χ2n) is 6.58. The Bertz CT molecular complexity index is 921. The normalized spacial score (nSPS) is 14.5. The average Bonchev–Trinajstić information content (AvgIpc) is 3.08. The van der Waals surface area contributed by atoms with E-state index in [0.717, 1.165) is 24.1 Å². The maximum atomic E-state index is 12.6. The van der Waals surface area contributed by atoms with E-state index in [-0.39, 0.29) is 29.2 Å². The van der Waals surface area contributed by atoms with Gasteiger partial charge < -0.3 is 9.32 Å². The minimum Gasteiger partial charge on any atom is -0.424 e. The summed E-state index contributed by atoms with van der Waals surface area (Å²) in [6.45, 7) is 5.93. The predicted octanol–water partition coefficient (Wildman–Crippen LogP) is 1.97. The van der Waals surface area contributed by atoms with E-state index in [1.165, 1.54) is 13.0 Å². The van der Waals surface area contributed by atoms with E-state index in [9.17, 15) is 13.2 Å². The Morgan fingerprint density at radius 2 is 2.12 bits per heavy atom. The molecule has 1 amide bonds. The van der Waals surface area contributed by atoms with Gasteiger partial charge in [0.25, 0.3) is 0 Å². The number of carbonyl (C=O) groups is 1. The summed E-state index contributed by atoms with van der Waals surface area (Å²) in [6.07, 6.45) is 1.55. The van der Waals surface area contributed by atoms with Gasteiger partial charge in [0.2, 0.25) is 27.7 Å². The number of hydrogen-bond donors (Lipinski definition) is 1. The van der Waals surface area contributed by atoms with Crippen LogP contribution in [-0.4, -0.2) is 31.1 Å². The highest BCUT2D eigenvalue weighted by molar-refractivity contribution is 7.89. The van der Waals surface area contributed by atoms with Crippen molar-refractivity contribution in [2.75, 3.05) is 11.4 Å². The molecule has 1 N–H and O–H groups in total. The van der Waals surface area contributed by atoms with Gasteiger partial charge in [-0.1, -0.05) is 13.8 Å². The SMILES string of the molecule is CC(=O)N1CCCc2cc(S(=O)(=O)NCc3nnc(C(C)C)o3)ccc21. The lowest BCUT2D eigenvalue weighted by atomic mass is 10.0. The molecule has 1 aliphatic rings. The Labute approximate surface area is 152 Å². The van der Waals surface area contributed by atoms with Crippen molar-refractivity contribution < 1.29 is 17.6 Å². The number of carbonyl (C=O) groups excluding carboxylic acids is 1. The predicted molar refractivity (Wildman–Crippen MR) is 95.2 cm³/mol. The Morgan fingerprint density at radius 3 is 2.77 bits per heavy atom. The minimum atomic E-state index is -3.72. The molecule has 0 saturated carbocycles. The first-order valence-electron chi connectivity index (χ1n) is 8.51. The Morgan fingerprint density at radius 1 is 1.35 bits per heavy atom. The van der Waals surface area contributed by atoms with Crippen LogP contribution in [0, 0.1) is 0 Å². The third-order valence-electron chi connectivity index (χ3n) is 4.25. The smallest absolute Gasteiger partial charge is 0.241 e. The van der Waals surface area contributed by atoms with Gasteiger partial charge in [-0.25, -0.2) is 13.1 Å². The first-order valence-corrected chi connectivity index (χ1v) is 9.99. The quantitative estimate of drug-likeness (QED) is 0.853. The molecule has 0 radical (unpaired) electrons. The van der Waals surface area contributed by atoms with Gasteiger partial charge in [0.05, 0.1) is 11.4 Å². The number of nitrogens with one attached hydrogen (secondary N) is 1. The summed E-state index contributed by atoms with van der Waals surface area (Å²) in [5, 5.41) is 7.73. The van der Waals surface area contributed by atoms with E-state index < -0.39 is 10.0 Å². The molecule has 0 fully saturated rings. The Balaban J connectivity index is 1.78. The summed E-state index contributed by atoms with van der Waals surface area (Å²) >= 11 is 0. The molecule has 0 aliphatic carbocycles. The maximum Gasteiger partial charge on any atom is 0.241 e. The third kappa shape index (κ3) is 3.78. The highest BCUT2D eigenvalue weighted by Crippen LogP contribution is 2.29. The lowest BCUT2D eigenvalue weighted by molar-refractivity contribution is -0.116. The van der Waals surface area contributed by atoms with Crippen molar-refractivity contribution in [2.45, 2.75) is 51.0 Å². The van der Waals surface area contributed by atoms with Crippen LogP contribution in [-0.2, 0) is 27.8 Å². The summed E-state index contributed by atoms with van der Waals surface area (Å²) < 4.78 is 33.0. The molecule has 0 unspecified atom stereocenters. The minimum absolute atomic E-state index is 0.0444. The molecule has 0 saturated heterocycles. The molecule has 2 heterocycles. The van der Waals surface area contributed by atoms with E-state index in [2.05, 4.69) is 14.9 Å². The zero-order valence-electron chi connectivity index (χ0n) is 15.0. The van der Waals surface area contributed by atoms with Gasteiger partial charge in [-0.2, -0.15) is 0 Å². The van der Waals surface area contributed by atoms with Crippen molar-refractivity contribution >= 4 is 21.6 Å². The topological polar surface area (TPSA) is 105 Å². The van der Waals surface area contributed by atoms with Crippen LogP contribution in [0.2, 0.25) is 0 Å². The van der Waals surface area contributed by atoms with E-state index in [1.807, 2.05) is 13.8 Å². The van der Waals surface area contributed by atoms with Gasteiger partial charge in [-0.3, -0.25) is 4.79 Å². The number of anilines is 1. The first-order chi connectivity index (χ1) is 12.3.